The smallest absolute Gasteiger partial charge is 0.131 e. The van der Waals surface area contributed by atoms with Gasteiger partial charge in [0.25, 0.3) is 0 Å². The van der Waals surface area contributed by atoms with Gasteiger partial charge in [-0.25, -0.2) is 0 Å². The Hall–Kier alpha value is -2.92. The molecule has 37 heavy (non-hydrogen) atoms. The molecule has 2 fully saturated rings. The fourth-order valence-corrected chi connectivity index (χ4v) is 5.76. The molecule has 0 atom stereocenters. The summed E-state index contributed by atoms with van der Waals surface area (Å²) in [6.07, 6.45) is 9.03. The maximum atomic E-state index is 11.2. The third-order valence-corrected chi connectivity index (χ3v) is 8.37. The Morgan fingerprint density at radius 1 is 1.11 bits per heavy atom. The Morgan fingerprint density at radius 2 is 1.89 bits per heavy atom. The molecule has 1 saturated carbocycles. The van der Waals surface area contributed by atoms with Gasteiger partial charge in [0.15, 0.2) is 0 Å². The molecule has 4 nitrogen and oxygen atoms in total. The molecule has 1 aliphatic carbocycles. The Balaban J connectivity index is 1.20. The van der Waals surface area contributed by atoms with Crippen molar-refractivity contribution in [3.8, 4) is 5.75 Å². The first-order valence-electron chi connectivity index (χ1n) is 13.3. The number of piperidine rings is 1. The van der Waals surface area contributed by atoms with Crippen LogP contribution in [0.3, 0.4) is 0 Å². The van der Waals surface area contributed by atoms with E-state index in [0.29, 0.717) is 17.5 Å². The number of benzene rings is 2. The van der Waals surface area contributed by atoms with E-state index in [2.05, 4.69) is 46.8 Å². The number of allylic oxidation sites excluding steroid dienone is 1. The molecule has 0 unspecified atom stereocenters. The van der Waals surface area contributed by atoms with Crippen LogP contribution in [-0.4, -0.2) is 34.6 Å². The van der Waals surface area contributed by atoms with Crippen molar-refractivity contribution in [1.82, 2.24) is 9.88 Å². The van der Waals surface area contributed by atoms with Gasteiger partial charge in [-0.1, -0.05) is 48.5 Å². The number of pyridine rings is 1. The molecule has 0 bridgehead atoms. The van der Waals surface area contributed by atoms with Gasteiger partial charge in [0.05, 0.1) is 11.3 Å². The van der Waals surface area contributed by atoms with Gasteiger partial charge in [0.1, 0.15) is 12.4 Å². The van der Waals surface area contributed by atoms with Gasteiger partial charge in [0, 0.05) is 42.0 Å². The van der Waals surface area contributed by atoms with Crippen LogP contribution in [0.15, 0.2) is 73.4 Å². The Bertz CT molecular complexity index is 1340. The summed E-state index contributed by atoms with van der Waals surface area (Å²) in [6.45, 7) is 7.53. The highest BCUT2D eigenvalue weighted by Crippen LogP contribution is 2.44. The molecule has 0 spiro atoms. The highest BCUT2D eigenvalue weighted by molar-refractivity contribution is 6.30. The molecule has 6 rings (SSSR count). The molecular formula is C32H33ClN2O2. The van der Waals surface area contributed by atoms with E-state index in [1.54, 1.807) is 0 Å². The standard InChI is InChI=1S/C32H33ClN2O2/c1-22(23-6-7-23)24-8-13-31-29(20-24)27(28-4-2-16-34-30(28)21-37-31)5-3-17-35-18-14-32(36,15-19-35)25-9-11-26(33)12-10-25/h2,4-5,8-13,16,20,23,36H,1,3,6-7,14-15,17-19,21H2/b27-5+. The predicted octanol–water partition coefficient (Wildman–Crippen LogP) is 6.86. The van der Waals surface area contributed by atoms with Crippen molar-refractivity contribution in [2.75, 3.05) is 19.6 Å². The summed E-state index contributed by atoms with van der Waals surface area (Å²) in [7, 11) is 0. The van der Waals surface area contributed by atoms with E-state index < -0.39 is 5.60 Å². The summed E-state index contributed by atoms with van der Waals surface area (Å²) in [5, 5.41) is 11.9. The first-order chi connectivity index (χ1) is 18.0. The average molecular weight is 513 g/mol. The normalized spacial score (nSPS) is 20.0. The summed E-state index contributed by atoms with van der Waals surface area (Å²) < 4.78 is 6.21. The number of likely N-dealkylation sites (tertiary alicyclic amines) is 1. The van der Waals surface area contributed by atoms with Crippen LogP contribution in [0.5, 0.6) is 5.75 Å². The van der Waals surface area contributed by atoms with Gasteiger partial charge < -0.3 is 14.7 Å². The van der Waals surface area contributed by atoms with Crippen molar-refractivity contribution < 1.29 is 9.84 Å². The fourth-order valence-electron chi connectivity index (χ4n) is 5.63. The fraction of sp³-hybridized carbons (Fsp3) is 0.344. The van der Waals surface area contributed by atoms with Gasteiger partial charge in [-0.15, -0.1) is 0 Å². The van der Waals surface area contributed by atoms with E-state index in [4.69, 9.17) is 16.3 Å². The molecule has 3 aromatic rings. The third-order valence-electron chi connectivity index (χ3n) is 8.11. The van der Waals surface area contributed by atoms with E-state index >= 15 is 0 Å². The van der Waals surface area contributed by atoms with Gasteiger partial charge in [-0.3, -0.25) is 4.98 Å². The molecule has 190 valence electrons. The second-order valence-corrected chi connectivity index (χ2v) is 11.0. The van der Waals surface area contributed by atoms with Crippen LogP contribution in [0.2, 0.25) is 5.02 Å². The average Bonchev–Trinajstić information content (AvgIpc) is 3.78. The number of aromatic nitrogens is 1. The lowest BCUT2D eigenvalue weighted by atomic mass is 9.84. The van der Waals surface area contributed by atoms with Gasteiger partial charge >= 0.3 is 0 Å². The number of aliphatic hydroxyl groups is 1. The second-order valence-electron chi connectivity index (χ2n) is 10.6. The number of nitrogens with zero attached hydrogens (tertiary/aromatic N) is 2. The second kappa shape index (κ2) is 10.1. The Morgan fingerprint density at radius 3 is 2.65 bits per heavy atom. The monoisotopic (exact) mass is 512 g/mol. The number of halogens is 1. The summed E-state index contributed by atoms with van der Waals surface area (Å²) in [5.74, 6) is 1.53. The molecule has 3 aliphatic rings. The predicted molar refractivity (Wildman–Crippen MR) is 149 cm³/mol. The van der Waals surface area contributed by atoms with Crippen LogP contribution in [0, 0.1) is 5.92 Å². The van der Waals surface area contributed by atoms with Crippen molar-refractivity contribution in [2.45, 2.75) is 44.3 Å². The van der Waals surface area contributed by atoms with E-state index in [1.165, 1.54) is 29.6 Å². The number of hydrogen-bond acceptors (Lipinski definition) is 4. The minimum atomic E-state index is -0.776. The van der Waals surface area contributed by atoms with E-state index in [-0.39, 0.29) is 0 Å². The number of rotatable bonds is 6. The Kier molecular flexibility index (Phi) is 6.66. The lowest BCUT2D eigenvalue weighted by Crippen LogP contribution is -2.42. The van der Waals surface area contributed by atoms with Crippen molar-refractivity contribution in [1.29, 1.82) is 0 Å². The summed E-state index contributed by atoms with van der Waals surface area (Å²) in [6, 6.07) is 18.3. The molecule has 2 aromatic carbocycles. The minimum Gasteiger partial charge on any atom is -0.487 e. The van der Waals surface area contributed by atoms with Gasteiger partial charge in [0.2, 0.25) is 0 Å². The maximum Gasteiger partial charge on any atom is 0.131 e. The zero-order valence-corrected chi connectivity index (χ0v) is 21.9. The zero-order valence-electron chi connectivity index (χ0n) is 21.1. The van der Waals surface area contributed by atoms with Gasteiger partial charge in [-0.2, -0.15) is 0 Å². The van der Waals surface area contributed by atoms with Crippen molar-refractivity contribution >= 4 is 22.7 Å². The van der Waals surface area contributed by atoms with Gasteiger partial charge in [-0.05, 0) is 90.6 Å². The van der Waals surface area contributed by atoms with Crippen LogP contribution >= 0.6 is 11.6 Å². The molecule has 1 N–H and O–H groups in total. The SMILES string of the molecule is C=C(c1ccc2c(c1)/C(=C/CCN1CCC(O)(c3ccc(Cl)cc3)CC1)c1cccnc1CO2)C1CC1. The first-order valence-corrected chi connectivity index (χ1v) is 13.7. The molecule has 1 saturated heterocycles. The minimum absolute atomic E-state index is 0.471. The van der Waals surface area contributed by atoms with E-state index in [1.807, 2.05) is 36.5 Å². The molecule has 0 radical (unpaired) electrons. The van der Waals surface area contributed by atoms with Crippen molar-refractivity contribution in [3.05, 3.63) is 106 Å². The summed E-state index contributed by atoms with van der Waals surface area (Å²) in [4.78, 5) is 7.08. The summed E-state index contributed by atoms with van der Waals surface area (Å²) >= 11 is 6.04. The van der Waals surface area contributed by atoms with Crippen LogP contribution in [0.4, 0.5) is 0 Å². The molecule has 1 aromatic heterocycles. The van der Waals surface area contributed by atoms with E-state index in [0.717, 1.165) is 67.0 Å². The Labute approximate surface area is 224 Å². The zero-order chi connectivity index (χ0) is 25.4. The first kappa shape index (κ1) is 24.4. The largest absolute Gasteiger partial charge is 0.487 e. The lowest BCUT2D eigenvalue weighted by molar-refractivity contribution is -0.0254. The molecule has 5 heteroatoms. The van der Waals surface area contributed by atoms with Crippen LogP contribution in [0.25, 0.3) is 11.1 Å². The van der Waals surface area contributed by atoms with Crippen LogP contribution in [0.1, 0.15) is 60.1 Å². The molecule has 3 heterocycles. The van der Waals surface area contributed by atoms with Crippen LogP contribution in [-0.2, 0) is 12.2 Å². The number of hydrogen-bond donors (Lipinski definition) is 1. The number of ether oxygens (including phenoxy) is 1. The van der Waals surface area contributed by atoms with E-state index in [9.17, 15) is 5.11 Å². The quantitative estimate of drug-likeness (QED) is 0.392. The lowest BCUT2D eigenvalue weighted by Gasteiger charge is -2.38. The number of fused-ring (bicyclic) bond motifs is 2. The molecule has 0 amide bonds. The topological polar surface area (TPSA) is 45.6 Å². The highest BCUT2D eigenvalue weighted by Gasteiger charge is 2.33. The van der Waals surface area contributed by atoms with Crippen molar-refractivity contribution in [2.24, 2.45) is 5.92 Å². The molecular weight excluding hydrogens is 480 g/mol. The van der Waals surface area contributed by atoms with Crippen molar-refractivity contribution in [3.63, 3.8) is 0 Å². The molecule has 2 aliphatic heterocycles. The van der Waals surface area contributed by atoms with Crippen LogP contribution < -0.4 is 4.74 Å². The highest BCUT2D eigenvalue weighted by atomic mass is 35.5. The maximum absolute atomic E-state index is 11.2. The summed E-state index contributed by atoms with van der Waals surface area (Å²) in [5.41, 5.74) is 7.06. The third kappa shape index (κ3) is 5.11.